The second-order valence-corrected chi connectivity index (χ2v) is 5.72. The van der Waals surface area contributed by atoms with Crippen LogP contribution in [0.5, 0.6) is 5.75 Å². The first-order valence-electron chi connectivity index (χ1n) is 6.49. The van der Waals surface area contributed by atoms with Gasteiger partial charge in [-0.1, -0.05) is 39.8 Å². The van der Waals surface area contributed by atoms with Crippen molar-refractivity contribution in [3.8, 4) is 11.8 Å². The first-order chi connectivity index (χ1) is 8.42. The Morgan fingerprint density at radius 1 is 1.33 bits per heavy atom. The smallest absolute Gasteiger partial charge is 0.122 e. The summed E-state index contributed by atoms with van der Waals surface area (Å²) in [4.78, 5) is 0. The van der Waals surface area contributed by atoms with E-state index in [2.05, 4.69) is 45.9 Å². The summed E-state index contributed by atoms with van der Waals surface area (Å²) in [6.45, 7) is 8.59. The maximum absolute atomic E-state index is 9.04. The molecule has 2 nitrogen and oxygen atoms in total. The van der Waals surface area contributed by atoms with E-state index in [1.54, 1.807) is 7.11 Å². The van der Waals surface area contributed by atoms with E-state index in [-0.39, 0.29) is 11.3 Å². The molecule has 0 fully saturated rings. The number of nitrogens with zero attached hydrogens (tertiary/aromatic N) is 1. The molecule has 18 heavy (non-hydrogen) atoms. The summed E-state index contributed by atoms with van der Waals surface area (Å²) < 4.78 is 5.42. The molecule has 2 heteroatoms. The molecule has 0 spiro atoms. The highest BCUT2D eigenvalue weighted by Crippen LogP contribution is 2.32. The van der Waals surface area contributed by atoms with E-state index in [0.29, 0.717) is 0 Å². The molecule has 1 aromatic carbocycles. The number of hydrogen-bond donors (Lipinski definition) is 0. The van der Waals surface area contributed by atoms with Gasteiger partial charge in [-0.2, -0.15) is 5.26 Å². The van der Waals surface area contributed by atoms with Crippen molar-refractivity contribution in [1.29, 1.82) is 5.26 Å². The molecule has 0 N–H and O–H groups in total. The van der Waals surface area contributed by atoms with Crippen molar-refractivity contribution in [2.75, 3.05) is 7.11 Å². The summed E-state index contributed by atoms with van der Waals surface area (Å²) >= 11 is 0. The fourth-order valence-corrected chi connectivity index (χ4v) is 2.03. The van der Waals surface area contributed by atoms with Gasteiger partial charge in [0, 0.05) is 0 Å². The van der Waals surface area contributed by atoms with Crippen molar-refractivity contribution in [1.82, 2.24) is 0 Å². The zero-order valence-corrected chi connectivity index (χ0v) is 12.1. The zero-order valence-electron chi connectivity index (χ0n) is 12.1. The average molecular weight is 245 g/mol. The Kier molecular flexibility index (Phi) is 4.78. The van der Waals surface area contributed by atoms with Gasteiger partial charge in [0.2, 0.25) is 0 Å². The summed E-state index contributed by atoms with van der Waals surface area (Å²) in [7, 11) is 1.70. The van der Waals surface area contributed by atoms with E-state index >= 15 is 0 Å². The van der Waals surface area contributed by atoms with E-state index < -0.39 is 0 Å². The number of hydrogen-bond acceptors (Lipinski definition) is 2. The maximum Gasteiger partial charge on any atom is 0.122 e. The fourth-order valence-electron chi connectivity index (χ4n) is 2.03. The molecule has 0 saturated carbocycles. The Morgan fingerprint density at radius 3 is 2.44 bits per heavy atom. The lowest BCUT2D eigenvalue weighted by atomic mass is 9.84. The molecule has 0 amide bonds. The number of rotatable bonds is 4. The quantitative estimate of drug-likeness (QED) is 0.800. The van der Waals surface area contributed by atoms with Gasteiger partial charge in [0.1, 0.15) is 5.75 Å². The van der Waals surface area contributed by atoms with Crippen LogP contribution >= 0.6 is 0 Å². The highest BCUT2D eigenvalue weighted by molar-refractivity contribution is 5.41. The van der Waals surface area contributed by atoms with E-state index in [0.717, 1.165) is 18.6 Å². The Hall–Kier alpha value is -1.49. The lowest BCUT2D eigenvalue weighted by Gasteiger charge is -2.23. The third kappa shape index (κ3) is 3.50. The molecule has 0 aliphatic rings. The van der Waals surface area contributed by atoms with Gasteiger partial charge in [-0.3, -0.25) is 0 Å². The van der Waals surface area contributed by atoms with Crippen LogP contribution in [0.2, 0.25) is 0 Å². The van der Waals surface area contributed by atoms with Crippen molar-refractivity contribution in [3.63, 3.8) is 0 Å². The van der Waals surface area contributed by atoms with Crippen molar-refractivity contribution >= 4 is 0 Å². The first-order valence-corrected chi connectivity index (χ1v) is 6.49. The number of nitriles is 1. The Bertz CT molecular complexity index is 437. The Labute approximate surface area is 111 Å². The third-order valence-corrected chi connectivity index (χ3v) is 3.23. The van der Waals surface area contributed by atoms with Crippen LogP contribution in [0.3, 0.4) is 0 Å². The largest absolute Gasteiger partial charge is 0.496 e. The van der Waals surface area contributed by atoms with Crippen LogP contribution in [0.1, 0.15) is 45.2 Å². The van der Waals surface area contributed by atoms with Gasteiger partial charge in [0.15, 0.2) is 0 Å². The first kappa shape index (κ1) is 14.6. The SMILES string of the molecule is CCC(C#N)Cc1ccc(OC)c(C(C)(C)C)c1. The van der Waals surface area contributed by atoms with Crippen LogP contribution in [0, 0.1) is 17.2 Å². The molecule has 0 radical (unpaired) electrons. The molecule has 1 atom stereocenters. The lowest BCUT2D eigenvalue weighted by Crippen LogP contribution is -2.13. The minimum atomic E-state index is 0.0513. The fraction of sp³-hybridized carbons (Fsp3) is 0.562. The summed E-state index contributed by atoms with van der Waals surface area (Å²) in [5.41, 5.74) is 2.47. The van der Waals surface area contributed by atoms with E-state index in [4.69, 9.17) is 10.00 Å². The van der Waals surface area contributed by atoms with Gasteiger partial charge in [-0.15, -0.1) is 0 Å². The predicted octanol–water partition coefficient (Wildman–Crippen LogP) is 4.08. The molecule has 0 bridgehead atoms. The van der Waals surface area contributed by atoms with E-state index in [1.807, 2.05) is 6.07 Å². The topological polar surface area (TPSA) is 33.0 Å². The van der Waals surface area contributed by atoms with Gasteiger partial charge < -0.3 is 4.74 Å². The maximum atomic E-state index is 9.04. The number of ether oxygens (including phenoxy) is 1. The van der Waals surface area contributed by atoms with Gasteiger partial charge in [-0.05, 0) is 35.4 Å². The lowest BCUT2D eigenvalue weighted by molar-refractivity contribution is 0.397. The normalized spacial score (nSPS) is 12.9. The molecule has 1 rings (SSSR count). The van der Waals surface area contributed by atoms with Gasteiger partial charge in [0.25, 0.3) is 0 Å². The minimum Gasteiger partial charge on any atom is -0.496 e. The van der Waals surface area contributed by atoms with Crippen molar-refractivity contribution < 1.29 is 4.74 Å². The molecule has 1 unspecified atom stereocenters. The summed E-state index contributed by atoms with van der Waals surface area (Å²) in [6.07, 6.45) is 1.72. The van der Waals surface area contributed by atoms with Crippen molar-refractivity contribution in [2.24, 2.45) is 5.92 Å². The third-order valence-electron chi connectivity index (χ3n) is 3.23. The highest BCUT2D eigenvalue weighted by atomic mass is 16.5. The number of methoxy groups -OCH3 is 1. The van der Waals surface area contributed by atoms with Crippen LogP contribution in [0.25, 0.3) is 0 Å². The van der Waals surface area contributed by atoms with Gasteiger partial charge >= 0.3 is 0 Å². The molecule has 0 aromatic heterocycles. The number of benzene rings is 1. The summed E-state index contributed by atoms with van der Waals surface area (Å²) in [5.74, 6) is 1.03. The van der Waals surface area contributed by atoms with Crippen LogP contribution in [-0.4, -0.2) is 7.11 Å². The molecule has 0 aliphatic heterocycles. The van der Waals surface area contributed by atoms with Crippen LogP contribution in [0.4, 0.5) is 0 Å². The Balaban J connectivity index is 3.08. The summed E-state index contributed by atoms with van der Waals surface area (Å²) in [5, 5.41) is 9.04. The highest BCUT2D eigenvalue weighted by Gasteiger charge is 2.19. The standard InChI is InChI=1S/C16H23NO/c1-6-12(11-17)9-13-7-8-15(18-5)14(10-13)16(2,3)4/h7-8,10,12H,6,9H2,1-5H3. The molecule has 1 aromatic rings. The zero-order chi connectivity index (χ0) is 13.8. The average Bonchev–Trinajstić information content (AvgIpc) is 2.34. The molecule has 0 aliphatic carbocycles. The summed E-state index contributed by atoms with van der Waals surface area (Å²) in [6, 6.07) is 8.61. The van der Waals surface area contributed by atoms with Crippen molar-refractivity contribution in [2.45, 2.75) is 46.0 Å². The van der Waals surface area contributed by atoms with Gasteiger partial charge in [-0.25, -0.2) is 0 Å². The molecule has 0 saturated heterocycles. The molecular formula is C16H23NO. The van der Waals surface area contributed by atoms with Crippen LogP contribution < -0.4 is 4.74 Å². The Morgan fingerprint density at radius 2 is 2.00 bits per heavy atom. The van der Waals surface area contributed by atoms with Crippen molar-refractivity contribution in [3.05, 3.63) is 29.3 Å². The van der Waals surface area contributed by atoms with E-state index in [9.17, 15) is 0 Å². The minimum absolute atomic E-state index is 0.0513. The molecule has 98 valence electrons. The monoisotopic (exact) mass is 245 g/mol. The molecule has 0 heterocycles. The second kappa shape index (κ2) is 5.91. The van der Waals surface area contributed by atoms with Crippen LogP contribution in [0.15, 0.2) is 18.2 Å². The van der Waals surface area contributed by atoms with Crippen LogP contribution in [-0.2, 0) is 11.8 Å². The second-order valence-electron chi connectivity index (χ2n) is 5.72. The predicted molar refractivity (Wildman–Crippen MR) is 74.8 cm³/mol. The van der Waals surface area contributed by atoms with Gasteiger partial charge in [0.05, 0.1) is 19.1 Å². The van der Waals surface area contributed by atoms with E-state index in [1.165, 1.54) is 11.1 Å². The molecular weight excluding hydrogens is 222 g/mol.